The molecule has 2 fully saturated rings. The number of nitrogens with one attached hydrogen (secondary N) is 1. The van der Waals surface area contributed by atoms with Crippen molar-refractivity contribution in [2.45, 2.75) is 32.1 Å². The third kappa shape index (κ3) is 6.27. The normalized spacial score (nSPS) is 17.0. The van der Waals surface area contributed by atoms with Crippen LogP contribution < -0.4 is 14.8 Å². The van der Waals surface area contributed by atoms with E-state index in [1.54, 1.807) is 25.3 Å². The van der Waals surface area contributed by atoms with Gasteiger partial charge in [0.2, 0.25) is 5.91 Å². The Labute approximate surface area is 227 Å². The molecule has 0 radical (unpaired) electrons. The zero-order valence-electron chi connectivity index (χ0n) is 21.6. The van der Waals surface area contributed by atoms with Gasteiger partial charge in [0.15, 0.2) is 11.5 Å². The highest BCUT2D eigenvalue weighted by Crippen LogP contribution is 2.36. The number of amides is 1. The molecule has 202 valence electrons. The SMILES string of the molecule is COc1cc2c(Nc3ccc(Cl)cc3F)ncnc2cc1OCC1CCN(C(=O)CN2CCCCC2)CC1. The van der Waals surface area contributed by atoms with Crippen molar-refractivity contribution < 1.29 is 18.7 Å². The van der Waals surface area contributed by atoms with Gasteiger partial charge in [-0.25, -0.2) is 14.4 Å². The van der Waals surface area contributed by atoms with Gasteiger partial charge in [-0.2, -0.15) is 0 Å². The molecule has 1 amide bonds. The number of piperidine rings is 2. The summed E-state index contributed by atoms with van der Waals surface area (Å²) in [6, 6.07) is 8.03. The van der Waals surface area contributed by atoms with Crippen LogP contribution in [0.3, 0.4) is 0 Å². The third-order valence-corrected chi connectivity index (χ3v) is 7.59. The lowest BCUT2D eigenvalue weighted by Crippen LogP contribution is -2.45. The number of hydrogen-bond acceptors (Lipinski definition) is 7. The van der Waals surface area contributed by atoms with Gasteiger partial charge in [-0.3, -0.25) is 9.69 Å². The lowest BCUT2D eigenvalue weighted by Gasteiger charge is -2.34. The highest BCUT2D eigenvalue weighted by atomic mass is 35.5. The summed E-state index contributed by atoms with van der Waals surface area (Å²) in [7, 11) is 1.58. The van der Waals surface area contributed by atoms with E-state index in [1.807, 2.05) is 11.0 Å². The van der Waals surface area contributed by atoms with Crippen molar-refractivity contribution in [3.8, 4) is 11.5 Å². The molecule has 0 saturated carbocycles. The summed E-state index contributed by atoms with van der Waals surface area (Å²) in [4.78, 5) is 25.7. The predicted octanol–water partition coefficient (Wildman–Crippen LogP) is 5.28. The number of carbonyl (C=O) groups is 1. The van der Waals surface area contributed by atoms with Gasteiger partial charge in [0.1, 0.15) is 18.0 Å². The van der Waals surface area contributed by atoms with Gasteiger partial charge in [0, 0.05) is 29.6 Å². The van der Waals surface area contributed by atoms with E-state index in [0.29, 0.717) is 52.3 Å². The van der Waals surface area contributed by atoms with Gasteiger partial charge in [-0.05, 0) is 69.0 Å². The molecule has 3 heterocycles. The first-order valence-corrected chi connectivity index (χ1v) is 13.6. The summed E-state index contributed by atoms with van der Waals surface area (Å²) >= 11 is 5.87. The van der Waals surface area contributed by atoms with Crippen molar-refractivity contribution >= 4 is 39.9 Å². The molecule has 0 aliphatic carbocycles. The summed E-state index contributed by atoms with van der Waals surface area (Å²) in [5, 5.41) is 4.01. The van der Waals surface area contributed by atoms with Gasteiger partial charge in [0.05, 0.1) is 31.5 Å². The second-order valence-corrected chi connectivity index (χ2v) is 10.4. The van der Waals surface area contributed by atoms with Crippen LogP contribution in [0.1, 0.15) is 32.1 Å². The number of hydrogen-bond donors (Lipinski definition) is 1. The predicted molar refractivity (Wildman–Crippen MR) is 146 cm³/mol. The monoisotopic (exact) mass is 541 g/mol. The highest BCUT2D eigenvalue weighted by Gasteiger charge is 2.25. The lowest BCUT2D eigenvalue weighted by molar-refractivity contribution is -0.134. The Balaban J connectivity index is 1.21. The Morgan fingerprint density at radius 2 is 1.87 bits per heavy atom. The van der Waals surface area contributed by atoms with Crippen LogP contribution in [0.25, 0.3) is 10.9 Å². The molecule has 3 aromatic rings. The lowest BCUT2D eigenvalue weighted by atomic mass is 9.97. The molecule has 38 heavy (non-hydrogen) atoms. The number of methoxy groups -OCH3 is 1. The topological polar surface area (TPSA) is 79.8 Å². The zero-order chi connectivity index (χ0) is 26.5. The first-order chi connectivity index (χ1) is 18.5. The van der Waals surface area contributed by atoms with E-state index in [0.717, 1.165) is 39.0 Å². The summed E-state index contributed by atoms with van der Waals surface area (Å²) in [5.74, 6) is 1.69. The Bertz CT molecular complexity index is 1280. The minimum atomic E-state index is -0.476. The fraction of sp³-hybridized carbons (Fsp3) is 0.464. The van der Waals surface area contributed by atoms with Crippen LogP contribution in [0.5, 0.6) is 11.5 Å². The van der Waals surface area contributed by atoms with Crippen LogP contribution in [0.2, 0.25) is 5.02 Å². The Kier molecular flexibility index (Phi) is 8.44. The van der Waals surface area contributed by atoms with Crippen LogP contribution in [-0.4, -0.2) is 72.1 Å². The van der Waals surface area contributed by atoms with E-state index in [2.05, 4.69) is 20.2 Å². The maximum Gasteiger partial charge on any atom is 0.236 e. The molecule has 1 N–H and O–H groups in total. The van der Waals surface area contributed by atoms with Crippen molar-refractivity contribution in [1.29, 1.82) is 0 Å². The summed E-state index contributed by atoms with van der Waals surface area (Å²) in [6.07, 6.45) is 6.89. The highest BCUT2D eigenvalue weighted by molar-refractivity contribution is 6.30. The molecule has 5 rings (SSSR count). The average molecular weight is 542 g/mol. The second kappa shape index (κ2) is 12.1. The minimum Gasteiger partial charge on any atom is -0.493 e. The first kappa shape index (κ1) is 26.4. The molecule has 10 heteroatoms. The number of fused-ring (bicyclic) bond motifs is 1. The van der Waals surface area contributed by atoms with Crippen LogP contribution in [-0.2, 0) is 4.79 Å². The Hall–Kier alpha value is -3.17. The van der Waals surface area contributed by atoms with Crippen molar-refractivity contribution in [1.82, 2.24) is 19.8 Å². The van der Waals surface area contributed by atoms with Crippen LogP contribution in [0.15, 0.2) is 36.7 Å². The van der Waals surface area contributed by atoms with E-state index in [1.165, 1.54) is 31.7 Å². The molecule has 0 atom stereocenters. The third-order valence-electron chi connectivity index (χ3n) is 7.35. The van der Waals surface area contributed by atoms with Gasteiger partial charge < -0.3 is 19.7 Å². The molecule has 8 nitrogen and oxygen atoms in total. The smallest absolute Gasteiger partial charge is 0.236 e. The molecule has 2 aliphatic rings. The number of aromatic nitrogens is 2. The summed E-state index contributed by atoms with van der Waals surface area (Å²) in [6.45, 7) is 4.66. The minimum absolute atomic E-state index is 0.241. The van der Waals surface area contributed by atoms with Crippen LogP contribution >= 0.6 is 11.6 Å². The van der Waals surface area contributed by atoms with Crippen molar-refractivity contribution in [2.24, 2.45) is 5.92 Å². The molecule has 1 aromatic heterocycles. The van der Waals surface area contributed by atoms with Gasteiger partial charge in [-0.15, -0.1) is 0 Å². The van der Waals surface area contributed by atoms with E-state index in [-0.39, 0.29) is 11.6 Å². The molecular weight excluding hydrogens is 509 g/mol. The molecule has 0 unspecified atom stereocenters. The maximum atomic E-state index is 14.3. The molecule has 0 spiro atoms. The Morgan fingerprint density at radius 3 is 2.61 bits per heavy atom. The molecule has 0 bridgehead atoms. The fourth-order valence-electron chi connectivity index (χ4n) is 5.12. The van der Waals surface area contributed by atoms with E-state index in [9.17, 15) is 9.18 Å². The van der Waals surface area contributed by atoms with Crippen molar-refractivity contribution in [3.63, 3.8) is 0 Å². The quantitative estimate of drug-likeness (QED) is 0.416. The van der Waals surface area contributed by atoms with E-state index >= 15 is 0 Å². The zero-order valence-corrected chi connectivity index (χ0v) is 22.3. The molecule has 2 saturated heterocycles. The molecule has 2 aromatic carbocycles. The Morgan fingerprint density at radius 1 is 1.08 bits per heavy atom. The maximum absolute atomic E-state index is 14.3. The van der Waals surface area contributed by atoms with Gasteiger partial charge >= 0.3 is 0 Å². The van der Waals surface area contributed by atoms with Gasteiger partial charge in [-0.1, -0.05) is 18.0 Å². The number of halogens is 2. The molecular formula is C28H33ClFN5O3. The second-order valence-electron chi connectivity index (χ2n) is 9.96. The summed E-state index contributed by atoms with van der Waals surface area (Å²) in [5.41, 5.74) is 0.903. The van der Waals surface area contributed by atoms with Crippen molar-refractivity contribution in [2.75, 3.05) is 51.8 Å². The average Bonchev–Trinajstić information content (AvgIpc) is 2.94. The number of benzene rings is 2. The fourth-order valence-corrected chi connectivity index (χ4v) is 5.28. The van der Waals surface area contributed by atoms with Crippen molar-refractivity contribution in [3.05, 3.63) is 47.5 Å². The first-order valence-electron chi connectivity index (χ1n) is 13.2. The number of anilines is 2. The number of ether oxygens (including phenoxy) is 2. The number of likely N-dealkylation sites (tertiary alicyclic amines) is 2. The number of nitrogens with zero attached hydrogens (tertiary/aromatic N) is 4. The number of rotatable bonds is 8. The largest absolute Gasteiger partial charge is 0.493 e. The summed E-state index contributed by atoms with van der Waals surface area (Å²) < 4.78 is 26.1. The van der Waals surface area contributed by atoms with Crippen LogP contribution in [0.4, 0.5) is 15.9 Å². The van der Waals surface area contributed by atoms with Gasteiger partial charge in [0.25, 0.3) is 0 Å². The molecule has 2 aliphatic heterocycles. The number of carbonyl (C=O) groups excluding carboxylic acids is 1. The van der Waals surface area contributed by atoms with E-state index in [4.69, 9.17) is 21.1 Å². The van der Waals surface area contributed by atoms with Crippen LogP contribution in [0, 0.1) is 11.7 Å². The standard InChI is InChI=1S/C28H33ClFN5O3/c1-37-25-14-21-24(31-18-32-28(21)33-23-6-5-20(29)13-22(23)30)15-26(25)38-17-19-7-11-35(12-8-19)27(36)16-34-9-3-2-4-10-34/h5-6,13-15,18-19H,2-4,7-12,16-17H2,1H3,(H,31,32,33). The van der Waals surface area contributed by atoms with E-state index < -0.39 is 5.82 Å².